The van der Waals surface area contributed by atoms with Crippen molar-refractivity contribution in [3.8, 4) is 17.6 Å². The van der Waals surface area contributed by atoms with Gasteiger partial charge in [0.15, 0.2) is 0 Å². The second-order valence-electron chi connectivity index (χ2n) is 5.53. The summed E-state index contributed by atoms with van der Waals surface area (Å²) in [6.45, 7) is 6.50. The third kappa shape index (κ3) is 3.22. The van der Waals surface area contributed by atoms with E-state index in [4.69, 9.17) is 9.47 Å². The van der Waals surface area contributed by atoms with Gasteiger partial charge in [-0.2, -0.15) is 5.26 Å². The summed E-state index contributed by atoms with van der Waals surface area (Å²) in [5, 5.41) is 12.1. The average Bonchev–Trinajstić information content (AvgIpc) is 3.09. The molecular weight excluding hydrogens is 308 g/mol. The number of nitrogens with zero attached hydrogens (tertiary/aromatic N) is 2. The van der Waals surface area contributed by atoms with Gasteiger partial charge >= 0.3 is 0 Å². The van der Waals surface area contributed by atoms with Crippen LogP contribution in [0.2, 0.25) is 0 Å². The minimum absolute atomic E-state index is 0.177. The first-order valence-electron chi connectivity index (χ1n) is 7.61. The van der Waals surface area contributed by atoms with Crippen LogP contribution in [0.4, 0.5) is 0 Å². The zero-order valence-electron chi connectivity index (χ0n) is 13.4. The van der Waals surface area contributed by atoms with Gasteiger partial charge in [0.2, 0.25) is 0 Å². The second-order valence-corrected chi connectivity index (χ2v) is 6.39. The smallest absolute Gasteiger partial charge is 0.134 e. The summed E-state index contributed by atoms with van der Waals surface area (Å²) in [4.78, 5) is 4.39. The monoisotopic (exact) mass is 326 g/mol. The van der Waals surface area contributed by atoms with Gasteiger partial charge in [-0.05, 0) is 39.0 Å². The molecule has 1 aliphatic heterocycles. The molecule has 2 heterocycles. The van der Waals surface area contributed by atoms with Crippen LogP contribution in [-0.4, -0.2) is 17.7 Å². The summed E-state index contributed by atoms with van der Waals surface area (Å²) in [7, 11) is 0. The maximum Gasteiger partial charge on any atom is 0.134 e. The Morgan fingerprint density at radius 2 is 2.39 bits per heavy atom. The molecule has 1 aromatic heterocycles. The standard InChI is InChI=1S/C18H18N2O2S/c1-4-21-16-7-13-5-12(3)22-17(13)8-14(16)6-15(9-19)18-20-11(2)10-23-18/h6-8,10,12H,4-5H2,1-3H3/b15-6+/t12-/m0/s1. The van der Waals surface area contributed by atoms with E-state index in [1.54, 1.807) is 0 Å². The molecule has 1 atom stereocenters. The second kappa shape index (κ2) is 6.43. The molecule has 1 aromatic carbocycles. The third-order valence-electron chi connectivity index (χ3n) is 3.60. The van der Waals surface area contributed by atoms with Crippen LogP contribution in [0, 0.1) is 18.3 Å². The Hall–Kier alpha value is -2.32. The molecule has 23 heavy (non-hydrogen) atoms. The Kier molecular flexibility index (Phi) is 4.35. The maximum atomic E-state index is 9.48. The number of ether oxygens (including phenoxy) is 2. The molecule has 0 saturated carbocycles. The summed E-state index contributed by atoms with van der Waals surface area (Å²) >= 11 is 1.47. The number of hydrogen-bond acceptors (Lipinski definition) is 5. The molecule has 1 aliphatic rings. The largest absolute Gasteiger partial charge is 0.493 e. The number of hydrogen-bond donors (Lipinski definition) is 0. The van der Waals surface area contributed by atoms with Crippen LogP contribution < -0.4 is 9.47 Å². The van der Waals surface area contributed by atoms with Gasteiger partial charge in [-0.3, -0.25) is 0 Å². The molecular formula is C18H18N2O2S. The fourth-order valence-electron chi connectivity index (χ4n) is 2.62. The summed E-state index contributed by atoms with van der Waals surface area (Å²) in [5.41, 5.74) is 3.46. The van der Waals surface area contributed by atoms with E-state index in [2.05, 4.69) is 18.0 Å². The highest BCUT2D eigenvalue weighted by molar-refractivity contribution is 7.11. The number of nitriles is 1. The molecule has 0 bridgehead atoms. The molecule has 0 saturated heterocycles. The Balaban J connectivity index is 2.06. The van der Waals surface area contributed by atoms with Gasteiger partial charge in [0.25, 0.3) is 0 Å². The Bertz CT molecular complexity index is 802. The SMILES string of the molecule is CCOc1cc2c(cc1/C=C(\C#N)c1nc(C)cs1)O[C@@H](C)C2. The lowest BCUT2D eigenvalue weighted by molar-refractivity contribution is 0.254. The third-order valence-corrected chi connectivity index (χ3v) is 4.59. The van der Waals surface area contributed by atoms with Gasteiger partial charge in [-0.1, -0.05) is 0 Å². The highest BCUT2D eigenvalue weighted by Gasteiger charge is 2.21. The van der Waals surface area contributed by atoms with E-state index in [0.29, 0.717) is 12.2 Å². The molecule has 0 amide bonds. The van der Waals surface area contributed by atoms with Crippen molar-refractivity contribution >= 4 is 23.0 Å². The molecule has 0 spiro atoms. The van der Waals surface area contributed by atoms with Gasteiger partial charge in [0, 0.05) is 28.6 Å². The highest BCUT2D eigenvalue weighted by atomic mass is 32.1. The van der Waals surface area contributed by atoms with E-state index in [0.717, 1.165) is 39.7 Å². The molecule has 118 valence electrons. The molecule has 4 nitrogen and oxygen atoms in total. The van der Waals surface area contributed by atoms with Crippen molar-refractivity contribution in [2.45, 2.75) is 33.3 Å². The topological polar surface area (TPSA) is 55.1 Å². The van der Waals surface area contributed by atoms with E-state index in [1.807, 2.05) is 37.4 Å². The fourth-order valence-corrected chi connectivity index (χ4v) is 3.39. The molecule has 0 unspecified atom stereocenters. The van der Waals surface area contributed by atoms with Gasteiger partial charge in [0.1, 0.15) is 28.7 Å². The summed E-state index contributed by atoms with van der Waals surface area (Å²) < 4.78 is 11.6. The van der Waals surface area contributed by atoms with Gasteiger partial charge < -0.3 is 9.47 Å². The predicted molar refractivity (Wildman–Crippen MR) is 91.7 cm³/mol. The van der Waals surface area contributed by atoms with Crippen LogP contribution >= 0.6 is 11.3 Å². The first-order valence-corrected chi connectivity index (χ1v) is 8.49. The molecule has 3 rings (SSSR count). The number of aryl methyl sites for hydroxylation is 1. The normalized spacial score (nSPS) is 16.6. The fraction of sp³-hybridized carbons (Fsp3) is 0.333. The number of rotatable bonds is 4. The van der Waals surface area contributed by atoms with Crippen molar-refractivity contribution in [1.82, 2.24) is 4.98 Å². The van der Waals surface area contributed by atoms with Crippen LogP contribution in [-0.2, 0) is 6.42 Å². The lowest BCUT2D eigenvalue weighted by Crippen LogP contribution is -2.05. The van der Waals surface area contributed by atoms with Crippen molar-refractivity contribution in [2.75, 3.05) is 6.61 Å². The highest BCUT2D eigenvalue weighted by Crippen LogP contribution is 2.37. The van der Waals surface area contributed by atoms with Crippen LogP contribution in [0.15, 0.2) is 17.5 Å². The minimum atomic E-state index is 0.177. The summed E-state index contributed by atoms with van der Waals surface area (Å²) in [6.07, 6.45) is 2.89. The van der Waals surface area contributed by atoms with Crippen molar-refractivity contribution < 1.29 is 9.47 Å². The van der Waals surface area contributed by atoms with Crippen LogP contribution in [0.1, 0.15) is 35.7 Å². The average molecular weight is 326 g/mol. The van der Waals surface area contributed by atoms with Gasteiger partial charge in [-0.15, -0.1) is 11.3 Å². The number of aromatic nitrogens is 1. The van der Waals surface area contributed by atoms with Gasteiger partial charge in [0.05, 0.1) is 12.2 Å². The number of fused-ring (bicyclic) bond motifs is 1. The zero-order chi connectivity index (χ0) is 16.4. The van der Waals surface area contributed by atoms with Crippen molar-refractivity contribution in [3.05, 3.63) is 39.3 Å². The molecule has 0 N–H and O–H groups in total. The minimum Gasteiger partial charge on any atom is -0.493 e. The summed E-state index contributed by atoms with van der Waals surface area (Å²) in [6, 6.07) is 6.22. The van der Waals surface area contributed by atoms with E-state index in [-0.39, 0.29) is 6.10 Å². The lowest BCUT2D eigenvalue weighted by Gasteiger charge is -2.10. The maximum absolute atomic E-state index is 9.48. The van der Waals surface area contributed by atoms with Crippen LogP contribution in [0.5, 0.6) is 11.5 Å². The number of thiazole rings is 1. The molecule has 2 aromatic rings. The van der Waals surface area contributed by atoms with E-state index >= 15 is 0 Å². The Morgan fingerprint density at radius 3 is 3.04 bits per heavy atom. The number of benzene rings is 1. The first kappa shape index (κ1) is 15.6. The van der Waals surface area contributed by atoms with Gasteiger partial charge in [-0.25, -0.2) is 4.98 Å². The van der Waals surface area contributed by atoms with Crippen LogP contribution in [0.25, 0.3) is 11.6 Å². The Morgan fingerprint density at radius 1 is 1.57 bits per heavy atom. The molecule has 5 heteroatoms. The van der Waals surface area contributed by atoms with E-state index < -0.39 is 0 Å². The number of allylic oxidation sites excluding steroid dienone is 1. The quantitative estimate of drug-likeness (QED) is 0.789. The summed E-state index contributed by atoms with van der Waals surface area (Å²) in [5.74, 6) is 1.66. The first-order chi connectivity index (χ1) is 11.1. The van der Waals surface area contributed by atoms with Crippen molar-refractivity contribution in [3.63, 3.8) is 0 Å². The lowest BCUT2D eigenvalue weighted by atomic mass is 10.0. The molecule has 0 aliphatic carbocycles. The van der Waals surface area contributed by atoms with Crippen molar-refractivity contribution in [2.24, 2.45) is 0 Å². The predicted octanol–water partition coefficient (Wildman–Crippen LogP) is 4.24. The molecule has 0 radical (unpaired) electrons. The van der Waals surface area contributed by atoms with E-state index in [9.17, 15) is 5.26 Å². The van der Waals surface area contributed by atoms with Crippen LogP contribution in [0.3, 0.4) is 0 Å². The van der Waals surface area contributed by atoms with E-state index in [1.165, 1.54) is 11.3 Å². The zero-order valence-corrected chi connectivity index (χ0v) is 14.2. The molecule has 0 fully saturated rings. The Labute approximate surface area is 140 Å². The van der Waals surface area contributed by atoms with Crippen molar-refractivity contribution in [1.29, 1.82) is 5.26 Å².